The number of hydrogen-bond donors (Lipinski definition) is 1. The van der Waals surface area contributed by atoms with E-state index in [0.717, 1.165) is 24.6 Å². The van der Waals surface area contributed by atoms with E-state index in [1.807, 2.05) is 6.07 Å². The SMILES string of the molecule is CCCNC(c1cc(OC)ncn1)C1CCC(C)CC1. The summed E-state index contributed by atoms with van der Waals surface area (Å²) in [6.07, 6.45) is 7.99. The minimum atomic E-state index is 0.333. The van der Waals surface area contributed by atoms with Crippen molar-refractivity contribution in [3.8, 4) is 5.88 Å². The van der Waals surface area contributed by atoms with Crippen LogP contribution in [0.4, 0.5) is 0 Å². The summed E-state index contributed by atoms with van der Waals surface area (Å²) in [5.74, 6) is 2.21. The van der Waals surface area contributed by atoms with E-state index in [1.54, 1.807) is 13.4 Å². The topological polar surface area (TPSA) is 47.0 Å². The molecule has 0 aromatic carbocycles. The van der Waals surface area contributed by atoms with E-state index in [4.69, 9.17) is 4.74 Å². The molecule has 1 aliphatic carbocycles. The van der Waals surface area contributed by atoms with Gasteiger partial charge in [0, 0.05) is 6.07 Å². The predicted molar refractivity (Wildman–Crippen MR) is 80.7 cm³/mol. The highest BCUT2D eigenvalue weighted by atomic mass is 16.5. The first kappa shape index (κ1) is 15.2. The Labute approximate surface area is 122 Å². The summed E-state index contributed by atoms with van der Waals surface area (Å²) < 4.78 is 5.23. The number of nitrogens with zero attached hydrogens (tertiary/aromatic N) is 2. The maximum Gasteiger partial charge on any atom is 0.216 e. The Hall–Kier alpha value is -1.16. The lowest BCUT2D eigenvalue weighted by molar-refractivity contribution is 0.228. The Morgan fingerprint density at radius 1 is 1.30 bits per heavy atom. The summed E-state index contributed by atoms with van der Waals surface area (Å²) in [4.78, 5) is 8.60. The second-order valence-corrected chi connectivity index (χ2v) is 5.94. The summed E-state index contributed by atoms with van der Waals surface area (Å²) in [7, 11) is 1.66. The minimum absolute atomic E-state index is 0.333. The van der Waals surface area contributed by atoms with Crippen molar-refractivity contribution >= 4 is 0 Å². The molecule has 2 rings (SSSR count). The van der Waals surface area contributed by atoms with Crippen molar-refractivity contribution in [3.63, 3.8) is 0 Å². The first-order valence-corrected chi connectivity index (χ1v) is 7.84. The molecule has 1 aromatic rings. The Morgan fingerprint density at radius 2 is 2.05 bits per heavy atom. The minimum Gasteiger partial charge on any atom is -0.481 e. The molecule has 0 saturated heterocycles. The van der Waals surface area contributed by atoms with E-state index in [1.165, 1.54) is 25.7 Å². The highest BCUT2D eigenvalue weighted by Crippen LogP contribution is 2.36. The van der Waals surface area contributed by atoms with E-state index in [9.17, 15) is 0 Å². The van der Waals surface area contributed by atoms with Gasteiger partial charge in [0.05, 0.1) is 18.8 Å². The second kappa shape index (κ2) is 7.58. The standard InChI is InChI=1S/C16H27N3O/c1-4-9-17-16(13-7-5-12(2)6-8-13)14-10-15(20-3)19-11-18-14/h10-13,16-17H,4-9H2,1-3H3. The fourth-order valence-corrected chi connectivity index (χ4v) is 3.07. The molecule has 4 heteroatoms. The summed E-state index contributed by atoms with van der Waals surface area (Å²) in [5.41, 5.74) is 1.07. The summed E-state index contributed by atoms with van der Waals surface area (Å²) in [5, 5.41) is 3.68. The molecule has 20 heavy (non-hydrogen) atoms. The molecule has 1 aromatic heterocycles. The van der Waals surface area contributed by atoms with Gasteiger partial charge in [-0.25, -0.2) is 9.97 Å². The molecule has 0 spiro atoms. The highest BCUT2D eigenvalue weighted by Gasteiger charge is 2.28. The third kappa shape index (κ3) is 3.92. The Morgan fingerprint density at radius 3 is 2.70 bits per heavy atom. The van der Waals surface area contributed by atoms with Crippen molar-refractivity contribution in [1.29, 1.82) is 0 Å². The Bertz CT molecular complexity index is 402. The van der Waals surface area contributed by atoms with Gasteiger partial charge in [0.2, 0.25) is 5.88 Å². The van der Waals surface area contributed by atoms with Crippen LogP contribution in [-0.2, 0) is 0 Å². The average molecular weight is 277 g/mol. The van der Waals surface area contributed by atoms with E-state index in [-0.39, 0.29) is 0 Å². The fourth-order valence-electron chi connectivity index (χ4n) is 3.07. The largest absolute Gasteiger partial charge is 0.481 e. The highest BCUT2D eigenvalue weighted by molar-refractivity contribution is 5.17. The van der Waals surface area contributed by atoms with Crippen molar-refractivity contribution in [2.24, 2.45) is 11.8 Å². The van der Waals surface area contributed by atoms with Gasteiger partial charge >= 0.3 is 0 Å². The van der Waals surface area contributed by atoms with Crippen molar-refractivity contribution in [2.45, 2.75) is 52.0 Å². The predicted octanol–water partition coefficient (Wildman–Crippen LogP) is 3.35. The van der Waals surface area contributed by atoms with Crippen LogP contribution in [0.15, 0.2) is 12.4 Å². The molecule has 4 nitrogen and oxygen atoms in total. The quantitative estimate of drug-likeness (QED) is 0.866. The maximum atomic E-state index is 5.23. The van der Waals surface area contributed by atoms with Crippen molar-refractivity contribution < 1.29 is 4.74 Å². The molecule has 0 bridgehead atoms. The number of nitrogens with one attached hydrogen (secondary N) is 1. The van der Waals surface area contributed by atoms with Crippen LogP contribution in [0.5, 0.6) is 5.88 Å². The van der Waals surface area contributed by atoms with Gasteiger partial charge in [-0.1, -0.05) is 26.7 Å². The van der Waals surface area contributed by atoms with Crippen LogP contribution in [0.25, 0.3) is 0 Å². The molecule has 1 aliphatic rings. The zero-order chi connectivity index (χ0) is 14.4. The number of ether oxygens (including phenoxy) is 1. The zero-order valence-electron chi connectivity index (χ0n) is 12.9. The molecule has 1 fully saturated rings. The summed E-state index contributed by atoms with van der Waals surface area (Å²) in [6, 6.07) is 2.31. The molecule has 1 unspecified atom stereocenters. The first-order valence-electron chi connectivity index (χ1n) is 7.84. The van der Waals surface area contributed by atoms with Gasteiger partial charge in [0.1, 0.15) is 6.33 Å². The first-order chi connectivity index (χ1) is 9.74. The number of aromatic nitrogens is 2. The van der Waals surface area contributed by atoms with Crippen molar-refractivity contribution in [1.82, 2.24) is 15.3 Å². The van der Waals surface area contributed by atoms with Crippen LogP contribution in [0.2, 0.25) is 0 Å². The average Bonchev–Trinajstić information content (AvgIpc) is 2.49. The third-order valence-corrected chi connectivity index (χ3v) is 4.34. The number of methoxy groups -OCH3 is 1. The van der Waals surface area contributed by atoms with E-state index < -0.39 is 0 Å². The van der Waals surface area contributed by atoms with Gasteiger partial charge in [-0.15, -0.1) is 0 Å². The van der Waals surface area contributed by atoms with Gasteiger partial charge in [-0.2, -0.15) is 0 Å². The monoisotopic (exact) mass is 277 g/mol. The molecular weight excluding hydrogens is 250 g/mol. The zero-order valence-corrected chi connectivity index (χ0v) is 12.9. The molecule has 1 heterocycles. The van der Waals surface area contributed by atoms with Crippen LogP contribution >= 0.6 is 0 Å². The lowest BCUT2D eigenvalue weighted by Crippen LogP contribution is -2.32. The fraction of sp³-hybridized carbons (Fsp3) is 0.750. The molecule has 1 atom stereocenters. The smallest absolute Gasteiger partial charge is 0.216 e. The molecule has 1 N–H and O–H groups in total. The molecule has 0 radical (unpaired) electrons. The molecule has 0 amide bonds. The Kier molecular flexibility index (Phi) is 5.77. The van der Waals surface area contributed by atoms with Gasteiger partial charge in [0.15, 0.2) is 0 Å². The van der Waals surface area contributed by atoms with Gasteiger partial charge < -0.3 is 10.1 Å². The number of rotatable bonds is 6. The lowest BCUT2D eigenvalue weighted by Gasteiger charge is -2.33. The van der Waals surface area contributed by atoms with Gasteiger partial charge in [-0.05, 0) is 37.6 Å². The van der Waals surface area contributed by atoms with Crippen LogP contribution in [0, 0.1) is 11.8 Å². The third-order valence-electron chi connectivity index (χ3n) is 4.34. The van der Waals surface area contributed by atoms with E-state index in [2.05, 4.69) is 29.1 Å². The van der Waals surface area contributed by atoms with Gasteiger partial charge in [0.25, 0.3) is 0 Å². The van der Waals surface area contributed by atoms with Crippen molar-refractivity contribution in [3.05, 3.63) is 18.1 Å². The summed E-state index contributed by atoms with van der Waals surface area (Å²) >= 11 is 0. The van der Waals surface area contributed by atoms with Crippen LogP contribution in [-0.4, -0.2) is 23.6 Å². The molecule has 1 saturated carbocycles. The van der Waals surface area contributed by atoms with Crippen LogP contribution in [0.1, 0.15) is 57.7 Å². The van der Waals surface area contributed by atoms with E-state index in [0.29, 0.717) is 17.8 Å². The maximum absolute atomic E-state index is 5.23. The normalized spacial score (nSPS) is 24.4. The number of hydrogen-bond acceptors (Lipinski definition) is 4. The van der Waals surface area contributed by atoms with Crippen LogP contribution < -0.4 is 10.1 Å². The molecule has 0 aliphatic heterocycles. The Balaban J connectivity index is 2.13. The molecule has 112 valence electrons. The molecular formula is C16H27N3O. The van der Waals surface area contributed by atoms with Crippen LogP contribution in [0.3, 0.4) is 0 Å². The second-order valence-electron chi connectivity index (χ2n) is 5.94. The lowest BCUT2D eigenvalue weighted by atomic mass is 9.78. The van der Waals surface area contributed by atoms with Crippen molar-refractivity contribution in [2.75, 3.05) is 13.7 Å². The van der Waals surface area contributed by atoms with Gasteiger partial charge in [-0.3, -0.25) is 0 Å². The summed E-state index contributed by atoms with van der Waals surface area (Å²) in [6.45, 7) is 5.59. The van der Waals surface area contributed by atoms with E-state index >= 15 is 0 Å².